The fraction of sp³-hybridized carbons (Fsp3) is 0.438. The molecule has 0 fully saturated rings. The van der Waals surface area contributed by atoms with Gasteiger partial charge in [0.15, 0.2) is 0 Å². The van der Waals surface area contributed by atoms with Gasteiger partial charge in [0, 0.05) is 23.6 Å². The number of thioether (sulfide) groups is 1. The summed E-state index contributed by atoms with van der Waals surface area (Å²) in [5.41, 5.74) is 2.51. The number of nitrogens with zero attached hydrogens (tertiary/aromatic N) is 1. The van der Waals surface area contributed by atoms with Gasteiger partial charge < -0.3 is 5.32 Å². The first-order chi connectivity index (χ1) is 9.69. The number of likely N-dealkylation sites (N-methyl/N-ethyl adjacent to an activating group) is 1. The zero-order valence-corrected chi connectivity index (χ0v) is 13.9. The van der Waals surface area contributed by atoms with Gasteiger partial charge in [0.25, 0.3) is 0 Å². The molecule has 2 nitrogen and oxygen atoms in total. The molecule has 0 aliphatic carbocycles. The van der Waals surface area contributed by atoms with Crippen molar-refractivity contribution in [3.8, 4) is 0 Å². The van der Waals surface area contributed by atoms with E-state index < -0.39 is 0 Å². The molecule has 1 atom stereocenters. The zero-order valence-electron chi connectivity index (χ0n) is 12.3. The standard InChI is InChI=1S/C16H22N2S2/c1-12(2)19-11-16-18-14(10-20-16)9-15(17-3)13-7-5-4-6-8-13/h4-8,10,12,15,17H,9,11H2,1-3H3. The minimum atomic E-state index is 0.337. The lowest BCUT2D eigenvalue weighted by molar-refractivity contribution is 0.585. The number of hydrogen-bond donors (Lipinski definition) is 1. The Labute approximate surface area is 130 Å². The summed E-state index contributed by atoms with van der Waals surface area (Å²) in [7, 11) is 2.01. The third-order valence-corrected chi connectivity index (χ3v) is 5.29. The summed E-state index contributed by atoms with van der Waals surface area (Å²) >= 11 is 3.73. The highest BCUT2D eigenvalue weighted by Gasteiger charge is 2.12. The van der Waals surface area contributed by atoms with Gasteiger partial charge in [-0.15, -0.1) is 11.3 Å². The summed E-state index contributed by atoms with van der Waals surface area (Å²) in [6.45, 7) is 4.46. The lowest BCUT2D eigenvalue weighted by atomic mass is 10.0. The normalized spacial score (nSPS) is 12.8. The molecule has 1 heterocycles. The van der Waals surface area contributed by atoms with Crippen LogP contribution in [0.2, 0.25) is 0 Å². The van der Waals surface area contributed by atoms with Crippen LogP contribution in [0.25, 0.3) is 0 Å². The van der Waals surface area contributed by atoms with E-state index in [9.17, 15) is 0 Å². The Hall–Kier alpha value is -0.840. The molecular formula is C16H22N2S2. The van der Waals surface area contributed by atoms with Crippen molar-refractivity contribution in [2.24, 2.45) is 0 Å². The van der Waals surface area contributed by atoms with E-state index in [1.807, 2.05) is 18.8 Å². The second-order valence-corrected chi connectivity index (χ2v) is 7.56. The Morgan fingerprint density at radius 3 is 2.65 bits per heavy atom. The highest BCUT2D eigenvalue weighted by Crippen LogP contribution is 2.23. The number of rotatable bonds is 7. The maximum Gasteiger partial charge on any atom is 0.103 e. The van der Waals surface area contributed by atoms with Crippen molar-refractivity contribution >= 4 is 23.1 Å². The molecule has 1 N–H and O–H groups in total. The van der Waals surface area contributed by atoms with E-state index in [1.165, 1.54) is 16.3 Å². The molecule has 0 saturated heterocycles. The molecule has 0 aliphatic heterocycles. The van der Waals surface area contributed by atoms with Crippen molar-refractivity contribution < 1.29 is 0 Å². The maximum absolute atomic E-state index is 4.75. The Bertz CT molecular complexity index is 508. The topological polar surface area (TPSA) is 24.9 Å². The van der Waals surface area contributed by atoms with Crippen LogP contribution in [-0.2, 0) is 12.2 Å². The quantitative estimate of drug-likeness (QED) is 0.826. The Balaban J connectivity index is 1.98. The van der Waals surface area contributed by atoms with Crippen molar-refractivity contribution in [1.29, 1.82) is 0 Å². The first kappa shape index (κ1) is 15.5. The molecule has 0 saturated carbocycles. The molecule has 0 radical (unpaired) electrons. The molecule has 2 rings (SSSR count). The average molecular weight is 306 g/mol. The highest BCUT2D eigenvalue weighted by molar-refractivity contribution is 7.99. The maximum atomic E-state index is 4.75. The first-order valence-electron chi connectivity index (χ1n) is 6.96. The van der Waals surface area contributed by atoms with Crippen LogP contribution in [-0.4, -0.2) is 17.3 Å². The van der Waals surface area contributed by atoms with Crippen LogP contribution < -0.4 is 5.32 Å². The van der Waals surface area contributed by atoms with Crippen LogP contribution in [0.4, 0.5) is 0 Å². The van der Waals surface area contributed by atoms with Crippen LogP contribution in [0.1, 0.15) is 36.2 Å². The predicted octanol–water partition coefficient (Wildman–Crippen LogP) is 4.29. The molecule has 2 aromatic rings. The lowest BCUT2D eigenvalue weighted by Gasteiger charge is -2.15. The molecule has 20 heavy (non-hydrogen) atoms. The molecule has 0 aliphatic rings. The number of thiazole rings is 1. The summed E-state index contributed by atoms with van der Waals surface area (Å²) in [6.07, 6.45) is 0.948. The van der Waals surface area contributed by atoms with Gasteiger partial charge in [0.1, 0.15) is 5.01 Å². The third-order valence-electron chi connectivity index (χ3n) is 3.10. The smallest absolute Gasteiger partial charge is 0.103 e. The third kappa shape index (κ3) is 4.62. The first-order valence-corrected chi connectivity index (χ1v) is 8.89. The SMILES string of the molecule is CNC(Cc1csc(CSC(C)C)n1)c1ccccc1. The minimum Gasteiger partial charge on any atom is -0.313 e. The van der Waals surface area contributed by atoms with E-state index in [-0.39, 0.29) is 0 Å². The fourth-order valence-electron chi connectivity index (χ4n) is 2.03. The van der Waals surface area contributed by atoms with E-state index in [0.717, 1.165) is 12.2 Å². The van der Waals surface area contributed by atoms with Gasteiger partial charge in [-0.05, 0) is 17.9 Å². The molecule has 0 amide bonds. The van der Waals surface area contributed by atoms with Gasteiger partial charge in [0.2, 0.25) is 0 Å². The summed E-state index contributed by atoms with van der Waals surface area (Å²) in [5.74, 6) is 1.03. The van der Waals surface area contributed by atoms with Gasteiger partial charge in [0.05, 0.1) is 5.69 Å². The zero-order chi connectivity index (χ0) is 14.4. The number of nitrogens with one attached hydrogen (secondary N) is 1. The monoisotopic (exact) mass is 306 g/mol. The molecule has 4 heteroatoms. The number of benzene rings is 1. The van der Waals surface area contributed by atoms with Gasteiger partial charge in [-0.25, -0.2) is 4.98 Å². The molecule has 0 spiro atoms. The van der Waals surface area contributed by atoms with Crippen LogP contribution in [0, 0.1) is 0 Å². The van der Waals surface area contributed by atoms with Gasteiger partial charge in [-0.3, -0.25) is 0 Å². The van der Waals surface area contributed by atoms with Gasteiger partial charge >= 0.3 is 0 Å². The Morgan fingerprint density at radius 1 is 1.25 bits per heavy atom. The van der Waals surface area contributed by atoms with Crippen molar-refractivity contribution in [2.75, 3.05) is 7.05 Å². The number of aromatic nitrogens is 1. The van der Waals surface area contributed by atoms with E-state index in [4.69, 9.17) is 4.98 Å². The van der Waals surface area contributed by atoms with Crippen molar-refractivity contribution in [2.45, 2.75) is 37.3 Å². The summed E-state index contributed by atoms with van der Waals surface area (Å²) in [6, 6.07) is 10.9. The lowest BCUT2D eigenvalue weighted by Crippen LogP contribution is -2.18. The minimum absolute atomic E-state index is 0.337. The number of hydrogen-bond acceptors (Lipinski definition) is 4. The van der Waals surface area contributed by atoms with Crippen molar-refractivity contribution in [1.82, 2.24) is 10.3 Å². The summed E-state index contributed by atoms with van der Waals surface area (Å²) in [5, 5.41) is 7.48. The van der Waals surface area contributed by atoms with Crippen LogP contribution in [0.15, 0.2) is 35.7 Å². The molecule has 1 aromatic heterocycles. The van der Waals surface area contributed by atoms with Crippen LogP contribution in [0.5, 0.6) is 0 Å². The average Bonchev–Trinajstić information content (AvgIpc) is 2.91. The van der Waals surface area contributed by atoms with Crippen molar-refractivity contribution in [3.05, 3.63) is 52.0 Å². The summed E-state index contributed by atoms with van der Waals surface area (Å²) in [4.78, 5) is 4.75. The Morgan fingerprint density at radius 2 is 2.00 bits per heavy atom. The molecule has 0 bridgehead atoms. The van der Waals surface area contributed by atoms with Crippen molar-refractivity contribution in [3.63, 3.8) is 0 Å². The highest BCUT2D eigenvalue weighted by atomic mass is 32.2. The Kier molecular flexibility index (Phi) is 6.07. The van der Waals surface area contributed by atoms with Crippen LogP contribution in [0.3, 0.4) is 0 Å². The fourth-order valence-corrected chi connectivity index (χ4v) is 3.64. The van der Waals surface area contributed by atoms with E-state index >= 15 is 0 Å². The molecular weight excluding hydrogens is 284 g/mol. The summed E-state index contributed by atoms with van der Waals surface area (Å²) < 4.78 is 0. The molecule has 1 unspecified atom stereocenters. The van der Waals surface area contributed by atoms with E-state index in [2.05, 4.69) is 54.9 Å². The largest absolute Gasteiger partial charge is 0.313 e. The molecule has 1 aromatic carbocycles. The second-order valence-electron chi connectivity index (χ2n) is 5.05. The predicted molar refractivity (Wildman–Crippen MR) is 90.5 cm³/mol. The van der Waals surface area contributed by atoms with E-state index in [0.29, 0.717) is 11.3 Å². The van der Waals surface area contributed by atoms with E-state index in [1.54, 1.807) is 11.3 Å². The second kappa shape index (κ2) is 7.81. The van der Waals surface area contributed by atoms with Gasteiger partial charge in [-0.2, -0.15) is 11.8 Å². The van der Waals surface area contributed by atoms with Crippen LogP contribution >= 0.6 is 23.1 Å². The molecule has 108 valence electrons. The van der Waals surface area contributed by atoms with Gasteiger partial charge in [-0.1, -0.05) is 44.2 Å².